The molecule has 0 fully saturated rings. The highest BCUT2D eigenvalue weighted by atomic mass is 15.2. The highest BCUT2D eigenvalue weighted by molar-refractivity contribution is 5.90. The second-order valence-electron chi connectivity index (χ2n) is 13.6. The molecule has 0 saturated carbocycles. The minimum atomic E-state index is -0.193. The lowest BCUT2D eigenvalue weighted by Gasteiger charge is -2.43. The largest absolute Gasteiger partial charge is 0.310 e. The Bertz CT molecular complexity index is 2070. The van der Waals surface area contributed by atoms with Crippen LogP contribution >= 0.6 is 0 Å². The summed E-state index contributed by atoms with van der Waals surface area (Å²) in [6, 6.07) is 51.4. The Labute approximate surface area is 267 Å². The van der Waals surface area contributed by atoms with Crippen LogP contribution in [0, 0.1) is 6.92 Å². The number of aryl methyl sites for hydroxylation is 1. The van der Waals surface area contributed by atoms with Gasteiger partial charge in [0.1, 0.15) is 0 Å². The monoisotopic (exact) mass is 582 g/mol. The molecule has 0 radical (unpaired) electrons. The Hall–Kier alpha value is -5.08. The summed E-state index contributed by atoms with van der Waals surface area (Å²) in [5, 5.41) is 0. The molecule has 0 amide bonds. The predicted molar refractivity (Wildman–Crippen MR) is 190 cm³/mol. The maximum absolute atomic E-state index is 2.43. The van der Waals surface area contributed by atoms with E-state index < -0.39 is 0 Å². The molecule has 0 N–H and O–H groups in total. The fourth-order valence-electron chi connectivity index (χ4n) is 7.69. The molecule has 2 heteroatoms. The van der Waals surface area contributed by atoms with E-state index in [2.05, 4.69) is 184 Å². The lowest BCUT2D eigenvalue weighted by molar-refractivity contribution is 0.631. The van der Waals surface area contributed by atoms with E-state index in [1.54, 1.807) is 0 Å². The van der Waals surface area contributed by atoms with Crippen molar-refractivity contribution in [1.29, 1.82) is 0 Å². The highest BCUT2D eigenvalue weighted by Crippen LogP contribution is 2.54. The molecule has 45 heavy (non-hydrogen) atoms. The average Bonchev–Trinajstić information content (AvgIpc) is 3.29. The van der Waals surface area contributed by atoms with Crippen LogP contribution < -0.4 is 9.80 Å². The van der Waals surface area contributed by atoms with Crippen molar-refractivity contribution >= 4 is 34.1 Å². The lowest BCUT2D eigenvalue weighted by atomic mass is 9.73. The second kappa shape index (κ2) is 9.97. The molecular formula is C43H38N2. The molecule has 0 aromatic heterocycles. The number of fused-ring (bicyclic) bond motifs is 5. The van der Waals surface area contributed by atoms with Crippen molar-refractivity contribution < 1.29 is 0 Å². The Kier molecular flexibility index (Phi) is 6.09. The van der Waals surface area contributed by atoms with Crippen LogP contribution in [-0.4, -0.2) is 0 Å². The van der Waals surface area contributed by atoms with Crippen LogP contribution in [-0.2, 0) is 10.8 Å². The first-order chi connectivity index (χ1) is 21.7. The first-order valence-electron chi connectivity index (χ1n) is 16.0. The SMILES string of the molecule is Cc1ccc2c(c1)C(C)(C)c1cc(N(c3ccccc3)c3ccc4c(c3)C(C)(C)c3ccccc3-4)ccc1N2c1ccccc1. The van der Waals surface area contributed by atoms with Crippen LogP contribution in [0.4, 0.5) is 34.1 Å². The average molecular weight is 583 g/mol. The Morgan fingerprint density at radius 3 is 1.71 bits per heavy atom. The van der Waals surface area contributed by atoms with Crippen molar-refractivity contribution in [2.75, 3.05) is 9.80 Å². The maximum atomic E-state index is 2.43. The standard InChI is InChI=1S/C43H38N2/c1-29-20-24-40-38(26-29)43(4,5)39-28-33(22-25-41(39)45(40)31-16-10-7-11-17-31)44(30-14-8-6-9-15-30)32-21-23-35-34-18-12-13-19-36(34)42(2,3)37(35)27-32/h6-28H,1-5H3. The van der Waals surface area contributed by atoms with E-state index in [-0.39, 0.29) is 10.8 Å². The Morgan fingerprint density at radius 2 is 0.978 bits per heavy atom. The second-order valence-corrected chi connectivity index (χ2v) is 13.6. The summed E-state index contributed by atoms with van der Waals surface area (Å²) in [6.07, 6.45) is 0. The van der Waals surface area contributed by atoms with E-state index in [9.17, 15) is 0 Å². The number of benzene rings is 6. The topological polar surface area (TPSA) is 6.48 Å². The van der Waals surface area contributed by atoms with E-state index in [4.69, 9.17) is 0 Å². The molecule has 8 rings (SSSR count). The van der Waals surface area contributed by atoms with Gasteiger partial charge in [-0.2, -0.15) is 0 Å². The molecule has 0 spiro atoms. The zero-order valence-corrected chi connectivity index (χ0v) is 26.7. The third-order valence-electron chi connectivity index (χ3n) is 10.1. The van der Waals surface area contributed by atoms with E-state index in [1.165, 1.54) is 61.7 Å². The normalized spacial score (nSPS) is 15.1. The van der Waals surface area contributed by atoms with Crippen molar-refractivity contribution in [3.8, 4) is 11.1 Å². The van der Waals surface area contributed by atoms with Crippen molar-refractivity contribution in [2.45, 2.75) is 45.4 Å². The number of rotatable bonds is 4. The first kappa shape index (κ1) is 27.5. The number of anilines is 6. The Balaban J connectivity index is 1.33. The van der Waals surface area contributed by atoms with Gasteiger partial charge in [0.25, 0.3) is 0 Å². The molecule has 1 aliphatic heterocycles. The van der Waals surface area contributed by atoms with Crippen molar-refractivity contribution in [3.05, 3.63) is 167 Å². The van der Waals surface area contributed by atoms with Crippen LogP contribution in [0.25, 0.3) is 11.1 Å². The minimum absolute atomic E-state index is 0.0696. The highest BCUT2D eigenvalue weighted by Gasteiger charge is 2.38. The molecule has 6 aromatic carbocycles. The van der Waals surface area contributed by atoms with Gasteiger partial charge < -0.3 is 9.80 Å². The predicted octanol–water partition coefficient (Wildman–Crippen LogP) is 11.9. The van der Waals surface area contributed by atoms with Gasteiger partial charge in [0.15, 0.2) is 0 Å². The smallest absolute Gasteiger partial charge is 0.0504 e. The molecule has 0 bridgehead atoms. The molecule has 2 aliphatic rings. The van der Waals surface area contributed by atoms with E-state index in [1.807, 2.05) is 0 Å². The van der Waals surface area contributed by atoms with Gasteiger partial charge in [-0.1, -0.05) is 112 Å². The van der Waals surface area contributed by atoms with E-state index in [0.29, 0.717) is 0 Å². The van der Waals surface area contributed by atoms with Crippen LogP contribution in [0.15, 0.2) is 140 Å². The quantitative estimate of drug-likeness (QED) is 0.204. The fraction of sp³-hybridized carbons (Fsp3) is 0.163. The summed E-state index contributed by atoms with van der Waals surface area (Å²) in [7, 11) is 0. The summed E-state index contributed by atoms with van der Waals surface area (Å²) < 4.78 is 0. The van der Waals surface area contributed by atoms with E-state index >= 15 is 0 Å². The zero-order valence-electron chi connectivity index (χ0n) is 26.7. The maximum Gasteiger partial charge on any atom is 0.0504 e. The third-order valence-corrected chi connectivity index (χ3v) is 10.1. The molecule has 220 valence electrons. The molecule has 0 atom stereocenters. The Morgan fingerprint density at radius 1 is 0.444 bits per heavy atom. The van der Waals surface area contributed by atoms with Gasteiger partial charge in [0.05, 0.1) is 11.4 Å². The molecule has 1 heterocycles. The fourth-order valence-corrected chi connectivity index (χ4v) is 7.69. The van der Waals surface area contributed by atoms with Crippen LogP contribution in [0.1, 0.15) is 55.5 Å². The summed E-state index contributed by atoms with van der Waals surface area (Å²) >= 11 is 0. The van der Waals surface area contributed by atoms with E-state index in [0.717, 1.165) is 11.4 Å². The van der Waals surface area contributed by atoms with Gasteiger partial charge in [-0.05, 0) is 101 Å². The summed E-state index contributed by atoms with van der Waals surface area (Å²) in [5.74, 6) is 0. The van der Waals surface area contributed by atoms with Gasteiger partial charge in [-0.3, -0.25) is 0 Å². The molecule has 6 aromatic rings. The summed E-state index contributed by atoms with van der Waals surface area (Å²) in [6.45, 7) is 11.6. The van der Waals surface area contributed by atoms with Crippen molar-refractivity contribution in [1.82, 2.24) is 0 Å². The van der Waals surface area contributed by atoms with Crippen LogP contribution in [0.5, 0.6) is 0 Å². The summed E-state index contributed by atoms with van der Waals surface area (Å²) in [4.78, 5) is 4.86. The number of nitrogens with zero attached hydrogens (tertiary/aromatic N) is 2. The summed E-state index contributed by atoms with van der Waals surface area (Å²) in [5.41, 5.74) is 16.3. The zero-order chi connectivity index (χ0) is 30.9. The molecular weight excluding hydrogens is 544 g/mol. The minimum Gasteiger partial charge on any atom is -0.310 e. The van der Waals surface area contributed by atoms with Gasteiger partial charge in [-0.25, -0.2) is 0 Å². The number of hydrogen-bond donors (Lipinski definition) is 0. The van der Waals surface area contributed by atoms with Gasteiger partial charge in [0.2, 0.25) is 0 Å². The molecule has 2 nitrogen and oxygen atoms in total. The van der Waals surface area contributed by atoms with Crippen LogP contribution in [0.3, 0.4) is 0 Å². The van der Waals surface area contributed by atoms with Gasteiger partial charge in [0, 0.05) is 33.6 Å². The number of para-hydroxylation sites is 2. The first-order valence-corrected chi connectivity index (χ1v) is 16.0. The lowest BCUT2D eigenvalue weighted by Crippen LogP contribution is -2.31. The van der Waals surface area contributed by atoms with Gasteiger partial charge >= 0.3 is 0 Å². The van der Waals surface area contributed by atoms with Crippen molar-refractivity contribution in [3.63, 3.8) is 0 Å². The molecule has 0 saturated heterocycles. The third kappa shape index (κ3) is 4.16. The molecule has 1 aliphatic carbocycles. The molecule has 0 unspecified atom stereocenters. The van der Waals surface area contributed by atoms with Gasteiger partial charge in [-0.15, -0.1) is 0 Å². The van der Waals surface area contributed by atoms with Crippen molar-refractivity contribution in [2.24, 2.45) is 0 Å². The number of hydrogen-bond acceptors (Lipinski definition) is 2. The van der Waals surface area contributed by atoms with Crippen LogP contribution in [0.2, 0.25) is 0 Å².